The van der Waals surface area contributed by atoms with E-state index in [9.17, 15) is 9.59 Å². The molecule has 0 fully saturated rings. The highest BCUT2D eigenvalue weighted by atomic mass is 16.2. The van der Waals surface area contributed by atoms with Crippen molar-refractivity contribution >= 4 is 16.9 Å². The predicted molar refractivity (Wildman–Crippen MR) is 84.6 cm³/mol. The molecule has 0 saturated carbocycles. The zero-order chi connectivity index (χ0) is 15.2. The van der Waals surface area contributed by atoms with Crippen LogP contribution in [0.25, 0.3) is 10.9 Å². The molecule has 0 bridgehead atoms. The van der Waals surface area contributed by atoms with Crippen molar-refractivity contribution in [3.63, 3.8) is 0 Å². The van der Waals surface area contributed by atoms with Crippen molar-refractivity contribution in [2.75, 3.05) is 6.54 Å². The number of aromatic amines is 1. The van der Waals surface area contributed by atoms with Crippen LogP contribution in [0.1, 0.15) is 25.8 Å². The van der Waals surface area contributed by atoms with Crippen LogP contribution in [-0.2, 0) is 6.42 Å². The predicted octanol–water partition coefficient (Wildman–Crippen LogP) is 2.17. The van der Waals surface area contributed by atoms with E-state index in [1.54, 1.807) is 0 Å². The van der Waals surface area contributed by atoms with Gasteiger partial charge in [0.15, 0.2) is 0 Å². The maximum absolute atomic E-state index is 11.9. The Labute approximate surface area is 123 Å². The molecule has 2 amide bonds. The van der Waals surface area contributed by atoms with Crippen molar-refractivity contribution in [1.29, 1.82) is 0 Å². The van der Waals surface area contributed by atoms with Gasteiger partial charge in [-0.25, -0.2) is 4.79 Å². The van der Waals surface area contributed by atoms with Crippen LogP contribution in [-0.4, -0.2) is 23.6 Å². The molecule has 2 rings (SSSR count). The highest BCUT2D eigenvalue weighted by Gasteiger charge is 2.06. The number of hydrogen-bond donors (Lipinski definition) is 3. The summed E-state index contributed by atoms with van der Waals surface area (Å²) < 4.78 is 0. The molecule has 0 saturated heterocycles. The first-order chi connectivity index (χ1) is 10.1. The number of aromatic nitrogens is 1. The van der Waals surface area contributed by atoms with Crippen molar-refractivity contribution in [3.8, 4) is 0 Å². The number of benzene rings is 1. The van der Waals surface area contributed by atoms with Gasteiger partial charge in [-0.1, -0.05) is 25.1 Å². The Morgan fingerprint density at radius 3 is 2.86 bits per heavy atom. The molecule has 1 heterocycles. The van der Waals surface area contributed by atoms with Gasteiger partial charge in [-0.15, -0.1) is 0 Å². The number of amides is 2. The number of para-hydroxylation sites is 1. The molecule has 3 N–H and O–H groups in total. The van der Waals surface area contributed by atoms with E-state index in [0.29, 0.717) is 18.5 Å². The normalized spacial score (nSPS) is 12.1. The molecule has 0 radical (unpaired) electrons. The topological polar surface area (TPSA) is 74.0 Å². The van der Waals surface area contributed by atoms with Gasteiger partial charge in [0.2, 0.25) is 0 Å². The lowest BCUT2D eigenvalue weighted by atomic mass is 10.1. The number of carbonyl (C=O) groups is 1. The fraction of sp³-hybridized carbons (Fsp3) is 0.375. The van der Waals surface area contributed by atoms with Crippen molar-refractivity contribution in [3.05, 3.63) is 46.2 Å². The van der Waals surface area contributed by atoms with Gasteiger partial charge in [-0.2, -0.15) is 0 Å². The molecule has 112 valence electrons. The zero-order valence-electron chi connectivity index (χ0n) is 12.4. The van der Waals surface area contributed by atoms with Gasteiger partial charge < -0.3 is 15.6 Å². The minimum Gasteiger partial charge on any atom is -0.338 e. The SMILES string of the molecule is CCC(C)NC(=O)NCCc1cc2ccccc2[nH]c1=O. The molecule has 1 atom stereocenters. The van der Waals surface area contributed by atoms with Gasteiger partial charge in [0, 0.05) is 23.7 Å². The first-order valence-corrected chi connectivity index (χ1v) is 7.25. The Balaban J connectivity index is 1.96. The van der Waals surface area contributed by atoms with Crippen molar-refractivity contribution in [2.45, 2.75) is 32.7 Å². The van der Waals surface area contributed by atoms with E-state index in [1.165, 1.54) is 0 Å². The van der Waals surface area contributed by atoms with Gasteiger partial charge in [0.1, 0.15) is 0 Å². The number of nitrogens with one attached hydrogen (secondary N) is 3. The summed E-state index contributed by atoms with van der Waals surface area (Å²) in [5, 5.41) is 6.59. The number of hydrogen-bond acceptors (Lipinski definition) is 2. The Morgan fingerprint density at radius 2 is 2.10 bits per heavy atom. The summed E-state index contributed by atoms with van der Waals surface area (Å²) in [6, 6.07) is 9.48. The monoisotopic (exact) mass is 287 g/mol. The van der Waals surface area contributed by atoms with Crippen LogP contribution in [0.5, 0.6) is 0 Å². The summed E-state index contributed by atoms with van der Waals surface area (Å²) in [6.07, 6.45) is 1.39. The third kappa shape index (κ3) is 4.08. The first-order valence-electron chi connectivity index (χ1n) is 7.25. The molecule has 0 aliphatic carbocycles. The molecule has 1 aromatic heterocycles. The lowest BCUT2D eigenvalue weighted by molar-refractivity contribution is 0.237. The average molecular weight is 287 g/mol. The van der Waals surface area contributed by atoms with E-state index in [0.717, 1.165) is 17.3 Å². The Kier molecular flexibility index (Phi) is 4.98. The van der Waals surface area contributed by atoms with Crippen molar-refractivity contribution in [1.82, 2.24) is 15.6 Å². The van der Waals surface area contributed by atoms with E-state index in [1.807, 2.05) is 44.2 Å². The van der Waals surface area contributed by atoms with Crippen molar-refractivity contribution < 1.29 is 4.79 Å². The summed E-state index contributed by atoms with van der Waals surface area (Å²) in [5.74, 6) is 0. The Bertz CT molecular complexity index is 679. The van der Waals surface area contributed by atoms with Gasteiger partial charge in [0.25, 0.3) is 5.56 Å². The van der Waals surface area contributed by atoms with Crippen LogP contribution >= 0.6 is 0 Å². The van der Waals surface area contributed by atoms with E-state index in [4.69, 9.17) is 0 Å². The quantitative estimate of drug-likeness (QED) is 0.788. The van der Waals surface area contributed by atoms with Gasteiger partial charge in [-0.05, 0) is 37.3 Å². The van der Waals surface area contributed by atoms with Gasteiger partial charge in [0.05, 0.1) is 0 Å². The molecular formula is C16H21N3O2. The van der Waals surface area contributed by atoms with Crippen LogP contribution in [0, 0.1) is 0 Å². The van der Waals surface area contributed by atoms with Crippen LogP contribution in [0.15, 0.2) is 35.1 Å². The third-order valence-electron chi connectivity index (χ3n) is 3.50. The second-order valence-electron chi connectivity index (χ2n) is 5.17. The highest BCUT2D eigenvalue weighted by Crippen LogP contribution is 2.10. The van der Waals surface area contributed by atoms with Gasteiger partial charge >= 0.3 is 6.03 Å². The maximum Gasteiger partial charge on any atom is 0.315 e. The highest BCUT2D eigenvalue weighted by molar-refractivity contribution is 5.78. The fourth-order valence-corrected chi connectivity index (χ4v) is 2.07. The van der Waals surface area contributed by atoms with Crippen LogP contribution < -0.4 is 16.2 Å². The maximum atomic E-state index is 11.9. The summed E-state index contributed by atoms with van der Waals surface area (Å²) >= 11 is 0. The van der Waals surface area contributed by atoms with Crippen LogP contribution in [0.4, 0.5) is 4.79 Å². The number of pyridine rings is 1. The van der Waals surface area contributed by atoms with Crippen molar-refractivity contribution in [2.24, 2.45) is 0 Å². The smallest absolute Gasteiger partial charge is 0.315 e. The number of H-pyrrole nitrogens is 1. The molecule has 2 aromatic rings. The van der Waals surface area contributed by atoms with E-state index < -0.39 is 0 Å². The second kappa shape index (κ2) is 6.92. The Morgan fingerprint density at radius 1 is 1.33 bits per heavy atom. The molecule has 0 spiro atoms. The molecule has 1 aromatic carbocycles. The molecule has 0 aliphatic heterocycles. The number of rotatable bonds is 5. The molecule has 21 heavy (non-hydrogen) atoms. The molecule has 5 nitrogen and oxygen atoms in total. The van der Waals surface area contributed by atoms with Crippen LogP contribution in [0.2, 0.25) is 0 Å². The molecule has 5 heteroatoms. The average Bonchev–Trinajstić information content (AvgIpc) is 2.47. The Hall–Kier alpha value is -2.30. The zero-order valence-corrected chi connectivity index (χ0v) is 12.4. The summed E-state index contributed by atoms with van der Waals surface area (Å²) in [6.45, 7) is 4.40. The minimum atomic E-state index is -0.193. The standard InChI is InChI=1S/C16H21N3O2/c1-3-11(2)18-16(21)17-9-8-13-10-12-6-4-5-7-14(12)19-15(13)20/h4-7,10-11H,3,8-9H2,1-2H3,(H,19,20)(H2,17,18,21). The molecule has 0 aliphatic rings. The molecule has 1 unspecified atom stereocenters. The largest absolute Gasteiger partial charge is 0.338 e. The second-order valence-corrected chi connectivity index (χ2v) is 5.17. The van der Waals surface area contributed by atoms with Gasteiger partial charge in [-0.3, -0.25) is 4.79 Å². The summed E-state index contributed by atoms with van der Waals surface area (Å²) in [4.78, 5) is 26.4. The first kappa shape index (κ1) is 15.1. The van der Waals surface area contributed by atoms with Crippen LogP contribution in [0.3, 0.4) is 0 Å². The minimum absolute atomic E-state index is 0.0992. The molecular weight excluding hydrogens is 266 g/mol. The lowest BCUT2D eigenvalue weighted by Crippen LogP contribution is -2.41. The van der Waals surface area contributed by atoms with E-state index in [2.05, 4.69) is 15.6 Å². The third-order valence-corrected chi connectivity index (χ3v) is 3.50. The van der Waals surface area contributed by atoms with E-state index >= 15 is 0 Å². The summed E-state index contributed by atoms with van der Waals surface area (Å²) in [7, 11) is 0. The fourth-order valence-electron chi connectivity index (χ4n) is 2.07. The number of fused-ring (bicyclic) bond motifs is 1. The number of carbonyl (C=O) groups excluding carboxylic acids is 1. The lowest BCUT2D eigenvalue weighted by Gasteiger charge is -2.12. The number of urea groups is 1. The summed E-state index contributed by atoms with van der Waals surface area (Å²) in [5.41, 5.74) is 1.41. The van der Waals surface area contributed by atoms with E-state index in [-0.39, 0.29) is 17.6 Å².